The molecular formula is C6H8F5NO2. The Hall–Kier alpha value is -0.920. The molecule has 2 N–H and O–H groups in total. The average molecular weight is 221 g/mol. The zero-order valence-electron chi connectivity index (χ0n) is 6.81. The minimum absolute atomic E-state index is 1.18. The number of carbonyl (C=O) groups excluding carboxylic acids is 1. The van der Waals surface area contributed by atoms with Crippen molar-refractivity contribution in [2.75, 3.05) is 6.54 Å². The van der Waals surface area contributed by atoms with Crippen LogP contribution >= 0.6 is 0 Å². The topological polar surface area (TPSA) is 49.3 Å². The first-order valence-corrected chi connectivity index (χ1v) is 3.53. The quantitative estimate of drug-likeness (QED) is 0.686. The molecule has 0 spiro atoms. The van der Waals surface area contributed by atoms with Crippen molar-refractivity contribution in [3.05, 3.63) is 0 Å². The zero-order valence-corrected chi connectivity index (χ0v) is 6.81. The summed E-state index contributed by atoms with van der Waals surface area (Å²) in [4.78, 5) is 10.5. The number of hydrogen-bond acceptors (Lipinski definition) is 2. The van der Waals surface area contributed by atoms with E-state index in [1.807, 2.05) is 0 Å². The molecule has 1 atom stereocenters. The summed E-state index contributed by atoms with van der Waals surface area (Å²) in [7, 11) is 0. The molecule has 14 heavy (non-hydrogen) atoms. The van der Waals surface area contributed by atoms with E-state index in [1.54, 1.807) is 0 Å². The highest BCUT2D eigenvalue weighted by atomic mass is 19.4. The van der Waals surface area contributed by atoms with Crippen molar-refractivity contribution in [3.63, 3.8) is 0 Å². The summed E-state index contributed by atoms with van der Waals surface area (Å²) in [6.45, 7) is -1.65. The standard InChI is InChI=1S/C6H8F5NO2/c7-4(8)1-3(13)5(14)12-2-6(9,10)11/h3-4,13H,1-2H2,(H,12,14). The Balaban J connectivity index is 3.85. The summed E-state index contributed by atoms with van der Waals surface area (Å²) in [5, 5.41) is 9.91. The lowest BCUT2D eigenvalue weighted by Gasteiger charge is -2.12. The van der Waals surface area contributed by atoms with Crippen molar-refractivity contribution in [1.82, 2.24) is 5.32 Å². The van der Waals surface area contributed by atoms with Gasteiger partial charge in [-0.1, -0.05) is 0 Å². The third kappa shape index (κ3) is 6.58. The third-order valence-corrected chi connectivity index (χ3v) is 1.17. The van der Waals surface area contributed by atoms with Crippen LogP contribution in [0, 0.1) is 0 Å². The van der Waals surface area contributed by atoms with Gasteiger partial charge in [0.15, 0.2) is 0 Å². The van der Waals surface area contributed by atoms with E-state index in [0.29, 0.717) is 0 Å². The molecule has 1 amide bonds. The highest BCUT2D eigenvalue weighted by Gasteiger charge is 2.29. The molecule has 0 heterocycles. The maximum absolute atomic E-state index is 11.6. The number of alkyl halides is 5. The lowest BCUT2D eigenvalue weighted by molar-refractivity contribution is -0.144. The van der Waals surface area contributed by atoms with Gasteiger partial charge in [-0.2, -0.15) is 13.2 Å². The van der Waals surface area contributed by atoms with Crippen LogP contribution in [0.3, 0.4) is 0 Å². The minimum atomic E-state index is -4.62. The second-order valence-electron chi connectivity index (χ2n) is 2.48. The highest BCUT2D eigenvalue weighted by Crippen LogP contribution is 2.12. The predicted octanol–water partition coefficient (Wildman–Crippen LogP) is 0.681. The summed E-state index contributed by atoms with van der Waals surface area (Å²) in [6, 6.07) is 0. The van der Waals surface area contributed by atoms with E-state index in [4.69, 9.17) is 5.11 Å². The predicted molar refractivity (Wildman–Crippen MR) is 35.7 cm³/mol. The first kappa shape index (κ1) is 13.1. The molecule has 0 saturated carbocycles. The Kier molecular flexibility index (Phi) is 4.75. The molecule has 84 valence electrons. The van der Waals surface area contributed by atoms with E-state index in [9.17, 15) is 26.7 Å². The van der Waals surface area contributed by atoms with Gasteiger partial charge in [0.25, 0.3) is 0 Å². The number of aliphatic hydroxyl groups excluding tert-OH is 1. The molecular weight excluding hydrogens is 213 g/mol. The Morgan fingerprint density at radius 3 is 2.21 bits per heavy atom. The number of amides is 1. The number of carbonyl (C=O) groups is 1. The number of aliphatic hydroxyl groups is 1. The molecule has 0 aromatic carbocycles. The van der Waals surface area contributed by atoms with E-state index >= 15 is 0 Å². The van der Waals surface area contributed by atoms with Gasteiger partial charge in [0.05, 0.1) is 0 Å². The summed E-state index contributed by atoms with van der Waals surface area (Å²) >= 11 is 0. The van der Waals surface area contributed by atoms with Crippen LogP contribution in [0.4, 0.5) is 22.0 Å². The Labute approximate surface area is 75.9 Å². The zero-order chi connectivity index (χ0) is 11.4. The fraction of sp³-hybridized carbons (Fsp3) is 0.833. The van der Waals surface area contributed by atoms with Gasteiger partial charge in [0.1, 0.15) is 12.6 Å². The first-order chi connectivity index (χ1) is 6.22. The smallest absolute Gasteiger partial charge is 0.383 e. The number of rotatable bonds is 4. The molecule has 0 aromatic rings. The van der Waals surface area contributed by atoms with E-state index < -0.39 is 37.6 Å². The normalized spacial score (nSPS) is 14.2. The van der Waals surface area contributed by atoms with Gasteiger partial charge >= 0.3 is 6.18 Å². The van der Waals surface area contributed by atoms with Gasteiger partial charge in [-0.05, 0) is 0 Å². The van der Waals surface area contributed by atoms with Crippen molar-refractivity contribution in [3.8, 4) is 0 Å². The van der Waals surface area contributed by atoms with Gasteiger partial charge < -0.3 is 10.4 Å². The van der Waals surface area contributed by atoms with Crippen molar-refractivity contribution in [2.24, 2.45) is 0 Å². The van der Waals surface area contributed by atoms with Crippen LogP contribution in [0.5, 0.6) is 0 Å². The maximum Gasteiger partial charge on any atom is 0.405 e. The van der Waals surface area contributed by atoms with Crippen molar-refractivity contribution in [2.45, 2.75) is 25.1 Å². The minimum Gasteiger partial charge on any atom is -0.383 e. The largest absolute Gasteiger partial charge is 0.405 e. The second-order valence-corrected chi connectivity index (χ2v) is 2.48. The van der Waals surface area contributed by atoms with Crippen molar-refractivity contribution >= 4 is 5.91 Å². The summed E-state index contributed by atoms with van der Waals surface area (Å²) in [6.07, 6.45) is -10.9. The molecule has 0 aromatic heterocycles. The summed E-state index contributed by atoms with van der Waals surface area (Å²) in [5.74, 6) is -1.46. The van der Waals surface area contributed by atoms with Gasteiger partial charge in [0, 0.05) is 6.42 Å². The fourth-order valence-corrected chi connectivity index (χ4v) is 0.581. The van der Waals surface area contributed by atoms with Crippen molar-refractivity contribution < 1.29 is 31.9 Å². The van der Waals surface area contributed by atoms with Gasteiger partial charge in [-0.25, -0.2) is 8.78 Å². The van der Waals surface area contributed by atoms with Gasteiger partial charge in [-0.3, -0.25) is 4.79 Å². The van der Waals surface area contributed by atoms with E-state index in [0.717, 1.165) is 0 Å². The Morgan fingerprint density at radius 1 is 1.36 bits per heavy atom. The molecule has 0 aliphatic carbocycles. The molecule has 0 bridgehead atoms. The fourth-order valence-electron chi connectivity index (χ4n) is 0.581. The molecule has 0 radical (unpaired) electrons. The maximum atomic E-state index is 11.6. The molecule has 1 unspecified atom stereocenters. The average Bonchev–Trinajstić information content (AvgIpc) is 1.97. The summed E-state index contributed by atoms with van der Waals surface area (Å²) in [5.41, 5.74) is 0. The lowest BCUT2D eigenvalue weighted by Crippen LogP contribution is -2.40. The van der Waals surface area contributed by atoms with Crippen LogP contribution in [-0.2, 0) is 4.79 Å². The van der Waals surface area contributed by atoms with Crippen LogP contribution in [-0.4, -0.2) is 36.3 Å². The van der Waals surface area contributed by atoms with Crippen LogP contribution in [0.15, 0.2) is 0 Å². The molecule has 0 saturated heterocycles. The van der Waals surface area contributed by atoms with Crippen LogP contribution < -0.4 is 5.32 Å². The lowest BCUT2D eigenvalue weighted by atomic mass is 10.2. The number of nitrogens with one attached hydrogen (secondary N) is 1. The molecule has 3 nitrogen and oxygen atoms in total. The highest BCUT2D eigenvalue weighted by molar-refractivity contribution is 5.80. The molecule has 0 aliphatic rings. The second kappa shape index (κ2) is 5.08. The number of hydrogen-bond donors (Lipinski definition) is 2. The third-order valence-electron chi connectivity index (χ3n) is 1.17. The number of halogens is 5. The molecule has 0 fully saturated rings. The Morgan fingerprint density at radius 2 is 1.86 bits per heavy atom. The first-order valence-electron chi connectivity index (χ1n) is 3.53. The van der Waals surface area contributed by atoms with E-state index in [2.05, 4.69) is 0 Å². The van der Waals surface area contributed by atoms with Crippen molar-refractivity contribution in [1.29, 1.82) is 0 Å². The van der Waals surface area contributed by atoms with Gasteiger partial charge in [0.2, 0.25) is 12.3 Å². The molecule has 0 aliphatic heterocycles. The Bertz CT molecular complexity index is 193. The molecule has 0 rings (SSSR count). The van der Waals surface area contributed by atoms with E-state index in [1.165, 1.54) is 5.32 Å². The van der Waals surface area contributed by atoms with Crippen LogP contribution in [0.1, 0.15) is 6.42 Å². The van der Waals surface area contributed by atoms with Crippen LogP contribution in [0.2, 0.25) is 0 Å². The monoisotopic (exact) mass is 221 g/mol. The summed E-state index contributed by atoms with van der Waals surface area (Å²) < 4.78 is 57.6. The van der Waals surface area contributed by atoms with E-state index in [-0.39, 0.29) is 0 Å². The van der Waals surface area contributed by atoms with Crippen LogP contribution in [0.25, 0.3) is 0 Å². The molecule has 8 heteroatoms. The van der Waals surface area contributed by atoms with Gasteiger partial charge in [-0.15, -0.1) is 0 Å². The SMILES string of the molecule is O=C(NCC(F)(F)F)C(O)CC(F)F.